The van der Waals surface area contributed by atoms with Crippen molar-refractivity contribution in [2.75, 3.05) is 6.61 Å². The van der Waals surface area contributed by atoms with Gasteiger partial charge in [0, 0.05) is 6.61 Å². The number of halogens is 1. The molecular formula is C17H19FO. The third-order valence-corrected chi connectivity index (χ3v) is 3.44. The predicted octanol–water partition coefficient (Wildman–Crippen LogP) is 3.53. The predicted molar refractivity (Wildman–Crippen MR) is 75.6 cm³/mol. The van der Waals surface area contributed by atoms with Gasteiger partial charge in [0.25, 0.3) is 0 Å². The van der Waals surface area contributed by atoms with Crippen molar-refractivity contribution in [2.24, 2.45) is 5.92 Å². The molecule has 1 atom stereocenters. The summed E-state index contributed by atoms with van der Waals surface area (Å²) in [4.78, 5) is 0. The molecule has 0 saturated heterocycles. The van der Waals surface area contributed by atoms with Crippen LogP contribution in [0.3, 0.4) is 0 Å². The molecule has 0 aliphatic carbocycles. The Morgan fingerprint density at radius 2 is 1.84 bits per heavy atom. The topological polar surface area (TPSA) is 20.2 Å². The molecule has 2 rings (SSSR count). The average molecular weight is 258 g/mol. The van der Waals surface area contributed by atoms with Gasteiger partial charge in [0.1, 0.15) is 5.82 Å². The zero-order chi connectivity index (χ0) is 13.7. The van der Waals surface area contributed by atoms with Gasteiger partial charge in [-0.2, -0.15) is 0 Å². The molecule has 0 saturated carbocycles. The third kappa shape index (κ3) is 3.90. The number of aliphatic hydroxyl groups is 1. The van der Waals surface area contributed by atoms with Crippen molar-refractivity contribution in [1.29, 1.82) is 0 Å². The Hall–Kier alpha value is -1.67. The molecule has 1 nitrogen and oxygen atoms in total. The van der Waals surface area contributed by atoms with Crippen molar-refractivity contribution >= 4 is 0 Å². The molecule has 0 bridgehead atoms. The summed E-state index contributed by atoms with van der Waals surface area (Å²) in [6, 6.07) is 14.8. The fourth-order valence-corrected chi connectivity index (χ4v) is 2.35. The first-order valence-electron chi connectivity index (χ1n) is 6.59. The molecule has 0 fully saturated rings. The minimum Gasteiger partial charge on any atom is -0.396 e. The first-order chi connectivity index (χ1) is 9.19. The fourth-order valence-electron chi connectivity index (χ4n) is 2.35. The lowest BCUT2D eigenvalue weighted by atomic mass is 9.91. The van der Waals surface area contributed by atoms with Gasteiger partial charge in [0.15, 0.2) is 0 Å². The Morgan fingerprint density at radius 3 is 2.53 bits per heavy atom. The summed E-state index contributed by atoms with van der Waals surface area (Å²) in [5.74, 6) is -0.0898. The average Bonchev–Trinajstić information content (AvgIpc) is 2.40. The lowest BCUT2D eigenvalue weighted by Gasteiger charge is -2.16. The molecule has 2 aromatic carbocycles. The quantitative estimate of drug-likeness (QED) is 0.870. The second kappa shape index (κ2) is 6.48. The lowest BCUT2D eigenvalue weighted by molar-refractivity contribution is 0.224. The van der Waals surface area contributed by atoms with Gasteiger partial charge in [-0.15, -0.1) is 0 Å². The van der Waals surface area contributed by atoms with Crippen LogP contribution in [-0.4, -0.2) is 11.7 Å². The molecule has 2 aromatic rings. The fraction of sp³-hybridized carbons (Fsp3) is 0.294. The molecule has 0 heterocycles. The van der Waals surface area contributed by atoms with Crippen LogP contribution in [0.25, 0.3) is 0 Å². The van der Waals surface area contributed by atoms with Gasteiger partial charge < -0.3 is 5.11 Å². The third-order valence-electron chi connectivity index (χ3n) is 3.44. The summed E-state index contributed by atoms with van der Waals surface area (Å²) in [5.41, 5.74) is 3.42. The normalized spacial score (nSPS) is 12.4. The highest BCUT2D eigenvalue weighted by atomic mass is 19.1. The Bertz CT molecular complexity index is 536. The van der Waals surface area contributed by atoms with Crippen LogP contribution in [0.5, 0.6) is 0 Å². The van der Waals surface area contributed by atoms with Crippen molar-refractivity contribution < 1.29 is 9.50 Å². The molecule has 0 aliphatic heterocycles. The Balaban J connectivity index is 2.07. The van der Waals surface area contributed by atoms with Gasteiger partial charge in [-0.05, 0) is 54.5 Å². The minimum atomic E-state index is -0.218. The maximum atomic E-state index is 13.2. The molecule has 0 spiro atoms. The number of aryl methyl sites for hydroxylation is 1. The van der Waals surface area contributed by atoms with E-state index in [0.717, 1.165) is 12.0 Å². The highest BCUT2D eigenvalue weighted by molar-refractivity contribution is 5.26. The molecule has 2 heteroatoms. The first-order valence-corrected chi connectivity index (χ1v) is 6.59. The summed E-state index contributed by atoms with van der Waals surface area (Å²) in [6.07, 6.45) is 1.52. The zero-order valence-corrected chi connectivity index (χ0v) is 11.1. The zero-order valence-electron chi connectivity index (χ0n) is 11.1. The maximum Gasteiger partial charge on any atom is 0.123 e. The van der Waals surface area contributed by atoms with E-state index in [9.17, 15) is 9.50 Å². The summed E-state index contributed by atoms with van der Waals surface area (Å²) in [5, 5.41) is 9.52. The SMILES string of the molecule is Cc1ccccc1CC(CO)Cc1cccc(F)c1. The Morgan fingerprint density at radius 1 is 1.05 bits per heavy atom. The Labute approximate surface area is 113 Å². The van der Waals surface area contributed by atoms with E-state index in [2.05, 4.69) is 19.1 Å². The van der Waals surface area contributed by atoms with E-state index in [1.165, 1.54) is 17.2 Å². The molecule has 100 valence electrons. The van der Waals surface area contributed by atoms with E-state index >= 15 is 0 Å². The van der Waals surface area contributed by atoms with Crippen LogP contribution >= 0.6 is 0 Å². The Kier molecular flexibility index (Phi) is 4.69. The first kappa shape index (κ1) is 13.8. The van der Waals surface area contributed by atoms with Crippen molar-refractivity contribution in [3.8, 4) is 0 Å². The number of aliphatic hydroxyl groups excluding tert-OH is 1. The second-order valence-electron chi connectivity index (χ2n) is 5.01. The summed E-state index contributed by atoms with van der Waals surface area (Å²) in [7, 11) is 0. The second-order valence-corrected chi connectivity index (χ2v) is 5.01. The van der Waals surface area contributed by atoms with Crippen LogP contribution in [0.1, 0.15) is 16.7 Å². The van der Waals surface area contributed by atoms with Crippen molar-refractivity contribution in [3.05, 3.63) is 71.0 Å². The largest absolute Gasteiger partial charge is 0.396 e. The van der Waals surface area contributed by atoms with Gasteiger partial charge in [0.05, 0.1) is 0 Å². The van der Waals surface area contributed by atoms with E-state index in [4.69, 9.17) is 0 Å². The lowest BCUT2D eigenvalue weighted by Crippen LogP contribution is -2.13. The van der Waals surface area contributed by atoms with Crippen molar-refractivity contribution in [2.45, 2.75) is 19.8 Å². The van der Waals surface area contributed by atoms with E-state index in [1.807, 2.05) is 18.2 Å². The molecular weight excluding hydrogens is 239 g/mol. The van der Waals surface area contributed by atoms with E-state index in [1.54, 1.807) is 12.1 Å². The van der Waals surface area contributed by atoms with Gasteiger partial charge in [-0.25, -0.2) is 4.39 Å². The highest BCUT2D eigenvalue weighted by Crippen LogP contribution is 2.17. The molecule has 0 aliphatic rings. The molecule has 0 radical (unpaired) electrons. The maximum absolute atomic E-state index is 13.2. The number of rotatable bonds is 5. The number of hydrogen-bond donors (Lipinski definition) is 1. The monoisotopic (exact) mass is 258 g/mol. The molecule has 19 heavy (non-hydrogen) atoms. The van der Waals surface area contributed by atoms with Crippen LogP contribution in [0.15, 0.2) is 48.5 Å². The van der Waals surface area contributed by atoms with Crippen molar-refractivity contribution in [3.63, 3.8) is 0 Å². The van der Waals surface area contributed by atoms with Gasteiger partial charge >= 0.3 is 0 Å². The molecule has 0 amide bonds. The van der Waals surface area contributed by atoms with Crippen molar-refractivity contribution in [1.82, 2.24) is 0 Å². The minimum absolute atomic E-state index is 0.116. The van der Waals surface area contributed by atoms with E-state index in [-0.39, 0.29) is 18.3 Å². The highest BCUT2D eigenvalue weighted by Gasteiger charge is 2.11. The van der Waals surface area contributed by atoms with Gasteiger partial charge in [-0.1, -0.05) is 36.4 Å². The number of benzene rings is 2. The van der Waals surface area contributed by atoms with Crippen LogP contribution in [0.2, 0.25) is 0 Å². The van der Waals surface area contributed by atoms with Crippen LogP contribution in [-0.2, 0) is 12.8 Å². The van der Waals surface area contributed by atoms with Crippen LogP contribution in [0.4, 0.5) is 4.39 Å². The van der Waals surface area contributed by atoms with E-state index in [0.29, 0.717) is 6.42 Å². The molecule has 1 unspecified atom stereocenters. The van der Waals surface area contributed by atoms with Gasteiger partial charge in [0.2, 0.25) is 0 Å². The van der Waals surface area contributed by atoms with E-state index < -0.39 is 0 Å². The van der Waals surface area contributed by atoms with Crippen LogP contribution < -0.4 is 0 Å². The van der Waals surface area contributed by atoms with Crippen LogP contribution in [0, 0.1) is 18.7 Å². The summed E-state index contributed by atoms with van der Waals surface area (Å²) in [6.45, 7) is 2.19. The summed E-state index contributed by atoms with van der Waals surface area (Å²) < 4.78 is 13.2. The standard InChI is InChI=1S/C17H19FO/c1-13-5-2-3-7-16(13)10-15(12-19)9-14-6-4-8-17(18)11-14/h2-8,11,15,19H,9-10,12H2,1H3. The smallest absolute Gasteiger partial charge is 0.123 e. The summed E-state index contributed by atoms with van der Waals surface area (Å²) >= 11 is 0. The van der Waals surface area contributed by atoms with Gasteiger partial charge in [-0.3, -0.25) is 0 Å². The molecule has 0 aromatic heterocycles. The molecule has 1 N–H and O–H groups in total. The number of hydrogen-bond acceptors (Lipinski definition) is 1.